The van der Waals surface area contributed by atoms with Crippen molar-refractivity contribution in [2.45, 2.75) is 39.8 Å². The zero-order chi connectivity index (χ0) is 12.4. The standard InChI is InChI=1S/C13H24N4/c1-10(2)8-17-9-11(3)15-13(17)16(4)12-5-6-14-7-12/h9-10,12,14H,5-8H2,1-4H3. The molecule has 1 atom stereocenters. The lowest BCUT2D eigenvalue weighted by Gasteiger charge is -2.26. The summed E-state index contributed by atoms with van der Waals surface area (Å²) >= 11 is 0. The number of aromatic nitrogens is 2. The van der Waals surface area contributed by atoms with E-state index in [4.69, 9.17) is 0 Å². The van der Waals surface area contributed by atoms with Crippen LogP contribution in [0.5, 0.6) is 0 Å². The molecule has 1 N–H and O–H groups in total. The molecule has 1 aliphatic rings. The van der Waals surface area contributed by atoms with Gasteiger partial charge in [-0.05, 0) is 25.8 Å². The van der Waals surface area contributed by atoms with Gasteiger partial charge in [0.2, 0.25) is 5.95 Å². The summed E-state index contributed by atoms with van der Waals surface area (Å²) in [6.07, 6.45) is 3.37. The van der Waals surface area contributed by atoms with Crippen molar-refractivity contribution in [3.05, 3.63) is 11.9 Å². The van der Waals surface area contributed by atoms with Gasteiger partial charge in [0.1, 0.15) is 0 Å². The zero-order valence-corrected chi connectivity index (χ0v) is 11.4. The van der Waals surface area contributed by atoms with Gasteiger partial charge in [-0.25, -0.2) is 4.98 Å². The van der Waals surface area contributed by atoms with Crippen molar-refractivity contribution in [2.75, 3.05) is 25.0 Å². The molecular weight excluding hydrogens is 212 g/mol. The molecule has 1 aromatic rings. The highest BCUT2D eigenvalue weighted by atomic mass is 15.3. The van der Waals surface area contributed by atoms with Crippen LogP contribution in [-0.4, -0.2) is 35.7 Å². The molecule has 0 spiro atoms. The second-order valence-corrected chi connectivity index (χ2v) is 5.49. The minimum absolute atomic E-state index is 0.586. The van der Waals surface area contributed by atoms with Crippen LogP contribution in [0.25, 0.3) is 0 Å². The molecule has 96 valence electrons. The van der Waals surface area contributed by atoms with E-state index in [2.05, 4.69) is 53.8 Å². The number of aryl methyl sites for hydroxylation is 1. The van der Waals surface area contributed by atoms with Gasteiger partial charge in [-0.15, -0.1) is 0 Å². The van der Waals surface area contributed by atoms with Gasteiger partial charge >= 0.3 is 0 Å². The van der Waals surface area contributed by atoms with Crippen LogP contribution in [0.4, 0.5) is 5.95 Å². The van der Waals surface area contributed by atoms with Crippen LogP contribution in [0.1, 0.15) is 26.0 Å². The fraction of sp³-hybridized carbons (Fsp3) is 0.769. The van der Waals surface area contributed by atoms with E-state index in [-0.39, 0.29) is 0 Å². The maximum Gasteiger partial charge on any atom is 0.205 e. The predicted molar refractivity (Wildman–Crippen MR) is 71.5 cm³/mol. The molecule has 0 aromatic carbocycles. The van der Waals surface area contributed by atoms with Gasteiger partial charge in [-0.2, -0.15) is 0 Å². The summed E-state index contributed by atoms with van der Waals surface area (Å²) in [5.74, 6) is 1.77. The Morgan fingerprint density at radius 3 is 2.94 bits per heavy atom. The fourth-order valence-electron chi connectivity index (χ4n) is 2.48. The number of imidazole rings is 1. The summed E-state index contributed by atoms with van der Waals surface area (Å²) in [6, 6.07) is 0.586. The van der Waals surface area contributed by atoms with E-state index in [0.29, 0.717) is 12.0 Å². The van der Waals surface area contributed by atoms with Gasteiger partial charge in [0.05, 0.1) is 5.69 Å². The van der Waals surface area contributed by atoms with Crippen LogP contribution in [0.2, 0.25) is 0 Å². The molecule has 4 heteroatoms. The van der Waals surface area contributed by atoms with E-state index in [1.165, 1.54) is 6.42 Å². The number of likely N-dealkylation sites (N-methyl/N-ethyl adjacent to an activating group) is 1. The third kappa shape index (κ3) is 2.80. The molecule has 0 amide bonds. The van der Waals surface area contributed by atoms with E-state index in [1.54, 1.807) is 0 Å². The van der Waals surface area contributed by atoms with Gasteiger partial charge in [0.25, 0.3) is 0 Å². The lowest BCUT2D eigenvalue weighted by atomic mass is 10.2. The fourth-order valence-corrected chi connectivity index (χ4v) is 2.48. The molecule has 1 fully saturated rings. The first kappa shape index (κ1) is 12.4. The van der Waals surface area contributed by atoms with Crippen molar-refractivity contribution in [3.63, 3.8) is 0 Å². The SMILES string of the molecule is Cc1cn(CC(C)C)c(N(C)C2CCNC2)n1. The quantitative estimate of drug-likeness (QED) is 0.863. The Kier molecular flexibility index (Phi) is 3.72. The highest BCUT2D eigenvalue weighted by Gasteiger charge is 2.22. The third-order valence-electron chi connectivity index (χ3n) is 3.34. The number of nitrogens with zero attached hydrogens (tertiary/aromatic N) is 3. The molecule has 1 saturated heterocycles. The lowest BCUT2D eigenvalue weighted by Crippen LogP contribution is -2.35. The van der Waals surface area contributed by atoms with Gasteiger partial charge < -0.3 is 14.8 Å². The Hall–Kier alpha value is -1.03. The summed E-state index contributed by atoms with van der Waals surface area (Å²) in [6.45, 7) is 9.80. The molecular formula is C13H24N4. The Bertz CT molecular complexity index is 363. The highest BCUT2D eigenvalue weighted by molar-refractivity contribution is 5.34. The normalized spacial score (nSPS) is 20.2. The van der Waals surface area contributed by atoms with Gasteiger partial charge in [0, 0.05) is 32.4 Å². The van der Waals surface area contributed by atoms with Crippen molar-refractivity contribution < 1.29 is 0 Å². The van der Waals surface area contributed by atoms with Crippen molar-refractivity contribution in [1.29, 1.82) is 0 Å². The summed E-state index contributed by atoms with van der Waals surface area (Å²) in [4.78, 5) is 7.00. The average Bonchev–Trinajstić information content (AvgIpc) is 2.85. The van der Waals surface area contributed by atoms with Gasteiger partial charge in [-0.3, -0.25) is 0 Å². The number of anilines is 1. The van der Waals surface area contributed by atoms with Crippen LogP contribution in [0, 0.1) is 12.8 Å². The lowest BCUT2D eigenvalue weighted by molar-refractivity contribution is 0.514. The minimum atomic E-state index is 0.586. The van der Waals surface area contributed by atoms with E-state index >= 15 is 0 Å². The maximum atomic E-state index is 4.67. The predicted octanol–water partition coefficient (Wildman–Crippen LogP) is 1.65. The molecule has 1 unspecified atom stereocenters. The highest BCUT2D eigenvalue weighted by Crippen LogP contribution is 2.19. The molecule has 0 aliphatic carbocycles. The van der Waals surface area contributed by atoms with Crippen LogP contribution >= 0.6 is 0 Å². The maximum absolute atomic E-state index is 4.67. The molecule has 2 rings (SSSR count). The van der Waals surface area contributed by atoms with Crippen molar-refractivity contribution >= 4 is 5.95 Å². The Balaban J connectivity index is 2.17. The Morgan fingerprint density at radius 1 is 1.59 bits per heavy atom. The molecule has 17 heavy (non-hydrogen) atoms. The Labute approximate surface area is 104 Å². The van der Waals surface area contributed by atoms with Crippen LogP contribution in [0.3, 0.4) is 0 Å². The topological polar surface area (TPSA) is 33.1 Å². The molecule has 1 aromatic heterocycles. The molecule has 0 radical (unpaired) electrons. The number of rotatable bonds is 4. The average molecular weight is 236 g/mol. The smallest absolute Gasteiger partial charge is 0.205 e. The molecule has 0 saturated carbocycles. The van der Waals surface area contributed by atoms with Crippen LogP contribution in [-0.2, 0) is 6.54 Å². The first-order valence-corrected chi connectivity index (χ1v) is 6.55. The second-order valence-electron chi connectivity index (χ2n) is 5.49. The third-order valence-corrected chi connectivity index (χ3v) is 3.34. The number of hydrogen-bond acceptors (Lipinski definition) is 3. The minimum Gasteiger partial charge on any atom is -0.341 e. The van der Waals surface area contributed by atoms with Crippen molar-refractivity contribution in [3.8, 4) is 0 Å². The first-order chi connectivity index (χ1) is 8.08. The number of hydrogen-bond donors (Lipinski definition) is 1. The van der Waals surface area contributed by atoms with Gasteiger partial charge in [0.15, 0.2) is 0 Å². The second kappa shape index (κ2) is 5.08. The van der Waals surface area contributed by atoms with Crippen molar-refractivity contribution in [2.24, 2.45) is 5.92 Å². The van der Waals surface area contributed by atoms with E-state index < -0.39 is 0 Å². The zero-order valence-electron chi connectivity index (χ0n) is 11.4. The molecule has 2 heterocycles. The summed E-state index contributed by atoms with van der Waals surface area (Å²) in [5, 5.41) is 3.41. The van der Waals surface area contributed by atoms with E-state index in [1.807, 2.05) is 0 Å². The van der Waals surface area contributed by atoms with E-state index in [0.717, 1.165) is 31.3 Å². The number of nitrogens with one attached hydrogen (secondary N) is 1. The summed E-state index contributed by atoms with van der Waals surface area (Å²) < 4.78 is 2.29. The largest absolute Gasteiger partial charge is 0.341 e. The van der Waals surface area contributed by atoms with E-state index in [9.17, 15) is 0 Å². The van der Waals surface area contributed by atoms with Crippen molar-refractivity contribution in [1.82, 2.24) is 14.9 Å². The van der Waals surface area contributed by atoms with Crippen LogP contribution < -0.4 is 10.2 Å². The van der Waals surface area contributed by atoms with Crippen LogP contribution in [0.15, 0.2) is 6.20 Å². The first-order valence-electron chi connectivity index (χ1n) is 6.55. The summed E-state index contributed by atoms with van der Waals surface area (Å²) in [5.41, 5.74) is 1.11. The van der Waals surface area contributed by atoms with Gasteiger partial charge in [-0.1, -0.05) is 13.8 Å². The molecule has 0 bridgehead atoms. The monoisotopic (exact) mass is 236 g/mol. The molecule has 4 nitrogen and oxygen atoms in total. The Morgan fingerprint density at radius 2 is 2.35 bits per heavy atom. The summed E-state index contributed by atoms with van der Waals surface area (Å²) in [7, 11) is 2.16. The molecule has 1 aliphatic heterocycles.